The summed E-state index contributed by atoms with van der Waals surface area (Å²) in [5.74, 6) is 1.82. The Kier molecular flexibility index (Phi) is 12.0. The number of para-hydroxylation sites is 1. The first-order valence-corrected chi connectivity index (χ1v) is 10.9. The monoisotopic (exact) mass is 356 g/mol. The van der Waals surface area contributed by atoms with E-state index < -0.39 is 0 Å². The van der Waals surface area contributed by atoms with Gasteiger partial charge in [0.05, 0.1) is 11.2 Å². The van der Waals surface area contributed by atoms with Crippen LogP contribution < -0.4 is 5.32 Å². The number of hydrogen-bond acceptors (Lipinski definition) is 2. The van der Waals surface area contributed by atoms with Gasteiger partial charge in [-0.3, -0.25) is 4.98 Å². The lowest BCUT2D eigenvalue weighted by Crippen LogP contribution is -2.21. The predicted octanol–water partition coefficient (Wildman–Crippen LogP) is 6.98. The molecule has 146 valence electrons. The molecule has 0 radical (unpaired) electrons. The van der Waals surface area contributed by atoms with Gasteiger partial charge >= 0.3 is 0 Å². The van der Waals surface area contributed by atoms with Crippen molar-refractivity contribution in [3.63, 3.8) is 0 Å². The molecule has 1 aliphatic rings. The summed E-state index contributed by atoms with van der Waals surface area (Å²) in [4.78, 5) is 4.73. The van der Waals surface area contributed by atoms with E-state index in [0.29, 0.717) is 0 Å². The quantitative estimate of drug-likeness (QED) is 0.461. The van der Waals surface area contributed by atoms with Crippen LogP contribution in [-0.2, 0) is 6.54 Å². The number of hydrogen-bond donors (Lipinski definition) is 1. The minimum Gasteiger partial charge on any atom is -0.311 e. The normalized spacial score (nSPS) is 19.6. The molecule has 0 saturated heterocycles. The molecule has 0 aliphatic heterocycles. The van der Waals surface area contributed by atoms with Gasteiger partial charge < -0.3 is 5.32 Å². The highest BCUT2D eigenvalue weighted by molar-refractivity contribution is 5.78. The van der Waals surface area contributed by atoms with Crippen LogP contribution >= 0.6 is 0 Å². The first kappa shape index (κ1) is 22.6. The maximum atomic E-state index is 4.73. The Morgan fingerprint density at radius 2 is 1.65 bits per heavy atom. The van der Waals surface area contributed by atoms with Crippen LogP contribution in [0.3, 0.4) is 0 Å². The summed E-state index contributed by atoms with van der Waals surface area (Å²) in [6, 6.07) is 12.6. The summed E-state index contributed by atoms with van der Waals surface area (Å²) >= 11 is 0. The van der Waals surface area contributed by atoms with Crippen molar-refractivity contribution in [3.8, 4) is 0 Å². The number of rotatable bonds is 5. The second-order valence-electron chi connectivity index (χ2n) is 6.84. The highest BCUT2D eigenvalue weighted by Gasteiger charge is 2.19. The van der Waals surface area contributed by atoms with Crippen molar-refractivity contribution in [2.45, 2.75) is 79.7 Å². The van der Waals surface area contributed by atoms with Gasteiger partial charge in [0.1, 0.15) is 0 Å². The highest BCUT2D eigenvalue weighted by atomic mass is 14.9. The lowest BCUT2D eigenvalue weighted by molar-refractivity contribution is 0.312. The highest BCUT2D eigenvalue weighted by Crippen LogP contribution is 2.30. The second-order valence-corrected chi connectivity index (χ2v) is 6.84. The Morgan fingerprint density at radius 1 is 0.923 bits per heavy atom. The lowest BCUT2D eigenvalue weighted by Gasteiger charge is -2.21. The fourth-order valence-electron chi connectivity index (χ4n) is 3.71. The molecule has 1 saturated carbocycles. The van der Waals surface area contributed by atoms with Crippen LogP contribution in [0.2, 0.25) is 0 Å². The molecule has 2 heteroatoms. The van der Waals surface area contributed by atoms with E-state index in [1.165, 1.54) is 43.9 Å². The van der Waals surface area contributed by atoms with E-state index in [4.69, 9.17) is 4.98 Å². The summed E-state index contributed by atoms with van der Waals surface area (Å²) in [6.07, 6.45) is 8.48. The largest absolute Gasteiger partial charge is 0.311 e. The number of fused-ring (bicyclic) bond motifs is 1. The first-order chi connectivity index (χ1) is 12.8. The molecule has 1 fully saturated rings. The van der Waals surface area contributed by atoms with E-state index in [0.717, 1.165) is 36.1 Å². The average Bonchev–Trinajstić information content (AvgIpc) is 2.92. The summed E-state index contributed by atoms with van der Waals surface area (Å²) in [5, 5.41) is 4.81. The molecule has 2 atom stereocenters. The third-order valence-corrected chi connectivity index (χ3v) is 5.19. The molecule has 0 spiro atoms. The number of pyridine rings is 1. The van der Waals surface area contributed by atoms with Crippen molar-refractivity contribution in [1.29, 1.82) is 0 Å². The zero-order valence-corrected chi connectivity index (χ0v) is 17.7. The Labute approximate surface area is 161 Å². The number of aromatic nitrogens is 1. The molecule has 1 aromatic carbocycles. The van der Waals surface area contributed by atoms with Crippen LogP contribution in [-0.4, -0.2) is 11.5 Å². The van der Waals surface area contributed by atoms with Gasteiger partial charge in [-0.1, -0.05) is 91.0 Å². The zero-order chi connectivity index (χ0) is 19.2. The van der Waals surface area contributed by atoms with Gasteiger partial charge in [-0.2, -0.15) is 0 Å². The molecule has 1 aliphatic carbocycles. The van der Waals surface area contributed by atoms with Crippen LogP contribution in [0.5, 0.6) is 0 Å². The molecule has 1 N–H and O–H groups in total. The Bertz CT molecular complexity index is 594. The van der Waals surface area contributed by atoms with E-state index in [2.05, 4.69) is 48.6 Å². The lowest BCUT2D eigenvalue weighted by atomic mass is 9.87. The molecular weight excluding hydrogens is 316 g/mol. The maximum absolute atomic E-state index is 4.73. The number of benzene rings is 1. The fourth-order valence-corrected chi connectivity index (χ4v) is 3.71. The zero-order valence-electron chi connectivity index (χ0n) is 17.7. The van der Waals surface area contributed by atoms with E-state index in [9.17, 15) is 0 Å². The summed E-state index contributed by atoms with van der Waals surface area (Å²) in [6.45, 7) is 12.4. The smallest absolute Gasteiger partial charge is 0.0705 e. The Balaban J connectivity index is 0.000000791. The average molecular weight is 357 g/mol. The van der Waals surface area contributed by atoms with Crippen molar-refractivity contribution in [2.75, 3.05) is 6.54 Å². The van der Waals surface area contributed by atoms with E-state index in [1.807, 2.05) is 27.7 Å². The van der Waals surface area contributed by atoms with Gasteiger partial charge in [0.15, 0.2) is 0 Å². The third-order valence-electron chi connectivity index (χ3n) is 5.19. The summed E-state index contributed by atoms with van der Waals surface area (Å²) < 4.78 is 0. The Hall–Kier alpha value is -1.41. The van der Waals surface area contributed by atoms with Gasteiger partial charge in [0.2, 0.25) is 0 Å². The fraction of sp³-hybridized carbons (Fsp3) is 0.625. The van der Waals surface area contributed by atoms with Gasteiger partial charge in [-0.25, -0.2) is 0 Å². The van der Waals surface area contributed by atoms with Crippen molar-refractivity contribution < 1.29 is 0 Å². The minimum atomic E-state index is 0.881. The van der Waals surface area contributed by atoms with E-state index in [1.54, 1.807) is 0 Å². The number of nitrogens with one attached hydrogen (secondary N) is 1. The van der Waals surface area contributed by atoms with E-state index >= 15 is 0 Å². The van der Waals surface area contributed by atoms with Crippen LogP contribution in [0.25, 0.3) is 10.9 Å². The van der Waals surface area contributed by atoms with Crippen LogP contribution in [0.4, 0.5) is 0 Å². The van der Waals surface area contributed by atoms with Gasteiger partial charge in [-0.15, -0.1) is 0 Å². The summed E-state index contributed by atoms with van der Waals surface area (Å²) in [7, 11) is 0. The summed E-state index contributed by atoms with van der Waals surface area (Å²) in [5.41, 5.74) is 2.24. The first-order valence-electron chi connectivity index (χ1n) is 10.9. The van der Waals surface area contributed by atoms with Crippen molar-refractivity contribution in [1.82, 2.24) is 10.3 Å². The second kappa shape index (κ2) is 13.7. The SMILES string of the molecule is CC.CC.CC1CCCCCC1CCNCc1ccc2ccccc2n1. The molecule has 1 aromatic heterocycles. The van der Waals surface area contributed by atoms with Gasteiger partial charge in [0, 0.05) is 11.9 Å². The molecule has 1 heterocycles. The van der Waals surface area contributed by atoms with Crippen molar-refractivity contribution in [2.24, 2.45) is 11.8 Å². The predicted molar refractivity (Wildman–Crippen MR) is 117 cm³/mol. The van der Waals surface area contributed by atoms with Crippen LogP contribution in [0.15, 0.2) is 36.4 Å². The van der Waals surface area contributed by atoms with Gasteiger partial charge in [-0.05, 0) is 36.9 Å². The molecule has 0 bridgehead atoms. The third kappa shape index (κ3) is 7.45. The topological polar surface area (TPSA) is 24.9 Å². The van der Waals surface area contributed by atoms with Gasteiger partial charge in [0.25, 0.3) is 0 Å². The van der Waals surface area contributed by atoms with E-state index in [-0.39, 0.29) is 0 Å². The van der Waals surface area contributed by atoms with Crippen LogP contribution in [0.1, 0.15) is 78.8 Å². The van der Waals surface area contributed by atoms with Crippen LogP contribution in [0, 0.1) is 11.8 Å². The molecule has 2 unspecified atom stereocenters. The molecule has 0 amide bonds. The van der Waals surface area contributed by atoms with Crippen molar-refractivity contribution in [3.05, 3.63) is 42.1 Å². The minimum absolute atomic E-state index is 0.881. The molecule has 3 rings (SSSR count). The standard InChI is InChI=1S/C20H28N2.2C2H6/c1-16-7-3-2-4-8-17(16)13-14-21-15-19-12-11-18-9-5-6-10-20(18)22-19;2*1-2/h5-6,9-12,16-17,21H,2-4,7-8,13-15H2,1H3;2*1-2H3. The molecule has 2 nitrogen and oxygen atoms in total. The van der Waals surface area contributed by atoms with Crippen molar-refractivity contribution >= 4 is 10.9 Å². The maximum Gasteiger partial charge on any atom is 0.0705 e. The Morgan fingerprint density at radius 3 is 2.46 bits per heavy atom. The molecule has 2 aromatic rings. The number of nitrogens with zero attached hydrogens (tertiary/aromatic N) is 1. The molecule has 26 heavy (non-hydrogen) atoms. The molecular formula is C24H40N2.